The Hall–Kier alpha value is -0.670. The zero-order valence-corrected chi connectivity index (χ0v) is 18.3. The van der Waals surface area contributed by atoms with Crippen molar-refractivity contribution in [2.75, 3.05) is 13.6 Å². The van der Waals surface area contributed by atoms with E-state index in [1.807, 2.05) is 6.92 Å². The molecule has 0 amide bonds. The molecule has 1 aromatic carbocycles. The minimum Gasteiger partial charge on any atom is -0.356 e. The summed E-state index contributed by atoms with van der Waals surface area (Å²) >= 11 is 5.18. The molecule has 2 N–H and O–H groups in total. The number of hydrogen-bond acceptors (Lipinski definition) is 3. The number of halogens is 2. The Kier molecular flexibility index (Phi) is 9.08. The van der Waals surface area contributed by atoms with Crippen molar-refractivity contribution in [3.05, 3.63) is 49.9 Å². The maximum atomic E-state index is 4.46. The van der Waals surface area contributed by atoms with Gasteiger partial charge in [0.1, 0.15) is 0 Å². The van der Waals surface area contributed by atoms with Crippen molar-refractivity contribution >= 4 is 57.2 Å². The number of aryl methyl sites for hydroxylation is 2. The molecule has 0 aliphatic heterocycles. The standard InChI is InChI=1S/C16H21BrN4S.HI/c1-11-8-14(17)5-4-13(11)9-20-16(18-3)19-7-6-15-10-22-12(2)21-15;/h4-5,8,10H,6-7,9H2,1-3H3,(H2,18,19,20);1H. The molecule has 0 saturated carbocycles. The summed E-state index contributed by atoms with van der Waals surface area (Å²) in [5.41, 5.74) is 3.66. The van der Waals surface area contributed by atoms with Gasteiger partial charge in [-0.05, 0) is 37.1 Å². The third kappa shape index (κ3) is 6.76. The van der Waals surface area contributed by atoms with Crippen LogP contribution >= 0.6 is 51.2 Å². The molecule has 126 valence electrons. The summed E-state index contributed by atoms with van der Waals surface area (Å²) in [6, 6.07) is 6.31. The number of rotatable bonds is 5. The molecule has 0 spiro atoms. The average molecular weight is 509 g/mol. The number of guanidine groups is 1. The zero-order chi connectivity index (χ0) is 15.9. The fourth-order valence-corrected chi connectivity index (χ4v) is 3.21. The topological polar surface area (TPSA) is 49.3 Å². The van der Waals surface area contributed by atoms with E-state index in [1.54, 1.807) is 18.4 Å². The monoisotopic (exact) mass is 508 g/mol. The van der Waals surface area contributed by atoms with E-state index in [0.717, 1.165) is 40.6 Å². The molecular weight excluding hydrogens is 487 g/mol. The second-order valence-corrected chi connectivity index (χ2v) is 7.01. The van der Waals surface area contributed by atoms with Crippen LogP contribution in [0.15, 0.2) is 33.0 Å². The minimum atomic E-state index is 0. The molecule has 0 bridgehead atoms. The highest BCUT2D eigenvalue weighted by atomic mass is 127. The maximum Gasteiger partial charge on any atom is 0.191 e. The summed E-state index contributed by atoms with van der Waals surface area (Å²) < 4.78 is 1.11. The van der Waals surface area contributed by atoms with Gasteiger partial charge in [-0.1, -0.05) is 22.0 Å². The molecule has 0 aliphatic carbocycles. The van der Waals surface area contributed by atoms with E-state index in [9.17, 15) is 0 Å². The quantitative estimate of drug-likeness (QED) is 0.364. The van der Waals surface area contributed by atoms with Crippen LogP contribution in [0.2, 0.25) is 0 Å². The molecule has 23 heavy (non-hydrogen) atoms. The Bertz CT molecular complexity index is 657. The summed E-state index contributed by atoms with van der Waals surface area (Å²) in [4.78, 5) is 8.71. The van der Waals surface area contributed by atoms with E-state index in [4.69, 9.17) is 0 Å². The molecule has 1 heterocycles. The lowest BCUT2D eigenvalue weighted by Gasteiger charge is -2.13. The summed E-state index contributed by atoms with van der Waals surface area (Å²) in [7, 11) is 1.79. The second kappa shape index (κ2) is 10.2. The van der Waals surface area contributed by atoms with Crippen LogP contribution in [0.5, 0.6) is 0 Å². The molecule has 0 saturated heterocycles. The number of hydrogen-bond donors (Lipinski definition) is 2. The van der Waals surface area contributed by atoms with Crippen molar-refractivity contribution in [2.45, 2.75) is 26.8 Å². The summed E-state index contributed by atoms with van der Waals surface area (Å²) in [5, 5.41) is 9.89. The third-order valence-electron chi connectivity index (χ3n) is 3.31. The van der Waals surface area contributed by atoms with E-state index in [-0.39, 0.29) is 24.0 Å². The number of aliphatic imine (C=N–C) groups is 1. The van der Waals surface area contributed by atoms with Gasteiger partial charge in [-0.2, -0.15) is 0 Å². The van der Waals surface area contributed by atoms with Crippen LogP contribution in [-0.2, 0) is 13.0 Å². The summed E-state index contributed by atoms with van der Waals surface area (Å²) in [6.07, 6.45) is 0.905. The lowest BCUT2D eigenvalue weighted by molar-refractivity contribution is 0.784. The first kappa shape index (κ1) is 20.4. The van der Waals surface area contributed by atoms with Crippen molar-refractivity contribution < 1.29 is 0 Å². The molecule has 0 aliphatic rings. The number of benzene rings is 1. The average Bonchev–Trinajstić information content (AvgIpc) is 2.89. The van der Waals surface area contributed by atoms with Gasteiger partial charge in [0.05, 0.1) is 10.7 Å². The molecule has 0 unspecified atom stereocenters. The molecule has 2 aromatic rings. The number of nitrogens with zero attached hydrogens (tertiary/aromatic N) is 2. The van der Waals surface area contributed by atoms with Crippen molar-refractivity contribution in [2.24, 2.45) is 4.99 Å². The molecular formula is C16H22BrIN4S. The normalized spacial score (nSPS) is 11.0. The molecule has 0 fully saturated rings. The smallest absolute Gasteiger partial charge is 0.191 e. The van der Waals surface area contributed by atoms with E-state index < -0.39 is 0 Å². The van der Waals surface area contributed by atoms with Crippen LogP contribution in [0, 0.1) is 13.8 Å². The molecule has 0 atom stereocenters. The Morgan fingerprint density at radius 3 is 2.70 bits per heavy atom. The van der Waals surface area contributed by atoms with E-state index >= 15 is 0 Å². The summed E-state index contributed by atoms with van der Waals surface area (Å²) in [5.74, 6) is 0.814. The predicted molar refractivity (Wildman–Crippen MR) is 113 cm³/mol. The first-order valence-electron chi connectivity index (χ1n) is 7.19. The highest BCUT2D eigenvalue weighted by Gasteiger charge is 2.03. The Morgan fingerprint density at radius 1 is 1.30 bits per heavy atom. The summed E-state index contributed by atoms with van der Waals surface area (Å²) in [6.45, 7) is 5.72. The van der Waals surface area contributed by atoms with Crippen molar-refractivity contribution in [1.82, 2.24) is 15.6 Å². The van der Waals surface area contributed by atoms with Gasteiger partial charge < -0.3 is 10.6 Å². The second-order valence-electron chi connectivity index (χ2n) is 5.03. The predicted octanol–water partition coefficient (Wildman–Crippen LogP) is 4.05. The van der Waals surface area contributed by atoms with Crippen LogP contribution in [0.1, 0.15) is 21.8 Å². The lowest BCUT2D eigenvalue weighted by Crippen LogP contribution is -2.38. The molecule has 2 rings (SSSR count). The Balaban J connectivity index is 0.00000264. The van der Waals surface area contributed by atoms with Crippen LogP contribution in [0.3, 0.4) is 0 Å². The van der Waals surface area contributed by atoms with Gasteiger partial charge in [0.25, 0.3) is 0 Å². The Labute approximate surface area is 167 Å². The third-order valence-corrected chi connectivity index (χ3v) is 4.63. The van der Waals surface area contributed by atoms with Crippen molar-refractivity contribution in [3.8, 4) is 0 Å². The molecule has 1 aromatic heterocycles. The van der Waals surface area contributed by atoms with Crippen LogP contribution in [0.25, 0.3) is 0 Å². The van der Waals surface area contributed by atoms with E-state index in [2.05, 4.69) is 67.0 Å². The maximum absolute atomic E-state index is 4.46. The first-order valence-corrected chi connectivity index (χ1v) is 8.86. The largest absolute Gasteiger partial charge is 0.356 e. The fourth-order valence-electron chi connectivity index (χ4n) is 2.09. The molecule has 0 radical (unpaired) electrons. The minimum absolute atomic E-state index is 0. The highest BCUT2D eigenvalue weighted by Crippen LogP contribution is 2.15. The van der Waals surface area contributed by atoms with Gasteiger partial charge in [-0.25, -0.2) is 4.98 Å². The van der Waals surface area contributed by atoms with Gasteiger partial charge in [0.2, 0.25) is 0 Å². The fraction of sp³-hybridized carbons (Fsp3) is 0.375. The highest BCUT2D eigenvalue weighted by molar-refractivity contribution is 14.0. The van der Waals surface area contributed by atoms with E-state index in [0.29, 0.717) is 0 Å². The van der Waals surface area contributed by atoms with Crippen LogP contribution in [0.4, 0.5) is 0 Å². The first-order chi connectivity index (χ1) is 10.6. The van der Waals surface area contributed by atoms with Crippen LogP contribution < -0.4 is 10.6 Å². The van der Waals surface area contributed by atoms with Gasteiger partial charge >= 0.3 is 0 Å². The van der Waals surface area contributed by atoms with Crippen molar-refractivity contribution in [3.63, 3.8) is 0 Å². The van der Waals surface area contributed by atoms with Gasteiger partial charge in [-0.3, -0.25) is 4.99 Å². The lowest BCUT2D eigenvalue weighted by atomic mass is 10.1. The van der Waals surface area contributed by atoms with Crippen LogP contribution in [-0.4, -0.2) is 24.5 Å². The van der Waals surface area contributed by atoms with Crippen molar-refractivity contribution in [1.29, 1.82) is 0 Å². The zero-order valence-electron chi connectivity index (χ0n) is 13.5. The number of aromatic nitrogens is 1. The molecule has 7 heteroatoms. The van der Waals surface area contributed by atoms with Gasteiger partial charge in [-0.15, -0.1) is 35.3 Å². The number of nitrogens with one attached hydrogen (secondary N) is 2. The SMILES string of the molecule is CN=C(NCCc1csc(C)n1)NCc1ccc(Br)cc1C.I. The molecule has 4 nitrogen and oxygen atoms in total. The Morgan fingerprint density at radius 2 is 2.09 bits per heavy atom. The van der Waals surface area contributed by atoms with Gasteiger partial charge in [0, 0.05) is 36.4 Å². The van der Waals surface area contributed by atoms with E-state index in [1.165, 1.54) is 11.1 Å². The van der Waals surface area contributed by atoms with Gasteiger partial charge in [0.15, 0.2) is 5.96 Å². The number of thiazole rings is 1.